The molecule has 1 N–H and O–H groups in total. The van der Waals surface area contributed by atoms with E-state index in [2.05, 4.69) is 26.7 Å². The highest BCUT2D eigenvalue weighted by atomic mass is 16.5. The third-order valence-electron chi connectivity index (χ3n) is 4.61. The lowest BCUT2D eigenvalue weighted by Gasteiger charge is -2.32. The van der Waals surface area contributed by atoms with E-state index in [0.29, 0.717) is 0 Å². The van der Waals surface area contributed by atoms with Gasteiger partial charge in [-0.25, -0.2) is 4.98 Å². The topological polar surface area (TPSA) is 42.3 Å². The highest BCUT2D eigenvalue weighted by Gasteiger charge is 2.23. The minimum atomic E-state index is 0.169. The number of imidazole rings is 1. The molecule has 5 nitrogen and oxygen atoms in total. The molecule has 0 bridgehead atoms. The van der Waals surface area contributed by atoms with Crippen molar-refractivity contribution < 1.29 is 4.74 Å². The SMILES string of the molecule is CCN1CCC(Cn2cncc2C2CNCCO2)CC1. The molecule has 2 saturated heterocycles. The lowest BCUT2D eigenvalue weighted by Crippen LogP contribution is -2.36. The highest BCUT2D eigenvalue weighted by Crippen LogP contribution is 2.23. The van der Waals surface area contributed by atoms with Gasteiger partial charge in [0.15, 0.2) is 0 Å². The molecule has 0 saturated carbocycles. The summed E-state index contributed by atoms with van der Waals surface area (Å²) < 4.78 is 8.16. The number of piperidine rings is 1. The summed E-state index contributed by atoms with van der Waals surface area (Å²) in [6, 6.07) is 0. The first-order valence-corrected chi connectivity index (χ1v) is 7.91. The summed E-state index contributed by atoms with van der Waals surface area (Å²) in [5, 5.41) is 3.39. The predicted molar refractivity (Wildman–Crippen MR) is 78.6 cm³/mol. The van der Waals surface area contributed by atoms with Crippen molar-refractivity contribution in [2.45, 2.75) is 32.4 Å². The molecule has 1 unspecified atom stereocenters. The van der Waals surface area contributed by atoms with Gasteiger partial charge >= 0.3 is 0 Å². The molecule has 0 radical (unpaired) electrons. The van der Waals surface area contributed by atoms with E-state index in [1.165, 1.54) is 38.2 Å². The van der Waals surface area contributed by atoms with Crippen molar-refractivity contribution in [2.75, 3.05) is 39.3 Å². The minimum Gasteiger partial charge on any atom is -0.369 e. The van der Waals surface area contributed by atoms with Gasteiger partial charge in [-0.3, -0.25) is 0 Å². The number of nitrogens with zero attached hydrogens (tertiary/aromatic N) is 3. The molecular formula is C15H26N4O. The third-order valence-corrected chi connectivity index (χ3v) is 4.61. The molecule has 0 amide bonds. The van der Waals surface area contributed by atoms with Gasteiger partial charge in [0.2, 0.25) is 0 Å². The van der Waals surface area contributed by atoms with Crippen LogP contribution in [-0.4, -0.2) is 53.8 Å². The summed E-state index contributed by atoms with van der Waals surface area (Å²) in [5.74, 6) is 0.780. The van der Waals surface area contributed by atoms with E-state index in [9.17, 15) is 0 Å². The van der Waals surface area contributed by atoms with Gasteiger partial charge in [-0.15, -0.1) is 0 Å². The van der Waals surface area contributed by atoms with E-state index in [1.807, 2.05) is 12.5 Å². The molecule has 3 rings (SSSR count). The zero-order valence-electron chi connectivity index (χ0n) is 12.4. The largest absolute Gasteiger partial charge is 0.369 e. The maximum Gasteiger partial charge on any atom is 0.111 e. The maximum absolute atomic E-state index is 5.86. The van der Waals surface area contributed by atoms with Gasteiger partial charge in [0, 0.05) is 19.6 Å². The van der Waals surface area contributed by atoms with Crippen LogP contribution in [0.5, 0.6) is 0 Å². The van der Waals surface area contributed by atoms with Crippen molar-refractivity contribution in [3.05, 3.63) is 18.2 Å². The molecule has 2 fully saturated rings. The highest BCUT2D eigenvalue weighted by molar-refractivity contribution is 5.05. The van der Waals surface area contributed by atoms with Crippen LogP contribution in [0.3, 0.4) is 0 Å². The standard InChI is InChI=1S/C15H26N4O/c1-2-18-6-3-13(4-7-18)11-19-12-17-9-14(19)15-10-16-5-8-20-15/h9,12-13,15-16H,2-8,10-11H2,1H3. The van der Waals surface area contributed by atoms with E-state index in [1.54, 1.807) is 0 Å². The van der Waals surface area contributed by atoms with Gasteiger partial charge in [-0.2, -0.15) is 0 Å². The van der Waals surface area contributed by atoms with Crippen molar-refractivity contribution in [1.82, 2.24) is 19.8 Å². The van der Waals surface area contributed by atoms with E-state index < -0.39 is 0 Å². The minimum absolute atomic E-state index is 0.169. The summed E-state index contributed by atoms with van der Waals surface area (Å²) >= 11 is 0. The monoisotopic (exact) mass is 278 g/mol. The molecule has 1 atom stereocenters. The van der Waals surface area contributed by atoms with Crippen LogP contribution in [0.2, 0.25) is 0 Å². The molecule has 1 aromatic rings. The van der Waals surface area contributed by atoms with Gasteiger partial charge in [-0.05, 0) is 38.4 Å². The number of rotatable bonds is 4. The second-order valence-electron chi connectivity index (χ2n) is 5.91. The van der Waals surface area contributed by atoms with Crippen molar-refractivity contribution in [3.8, 4) is 0 Å². The van der Waals surface area contributed by atoms with Crippen LogP contribution in [0.15, 0.2) is 12.5 Å². The fourth-order valence-electron chi connectivity index (χ4n) is 3.27. The first kappa shape index (κ1) is 14.0. The fraction of sp³-hybridized carbons (Fsp3) is 0.800. The molecule has 112 valence electrons. The van der Waals surface area contributed by atoms with E-state index >= 15 is 0 Å². The molecule has 2 aliphatic heterocycles. The Kier molecular flexibility index (Phi) is 4.70. The van der Waals surface area contributed by atoms with Crippen LogP contribution in [-0.2, 0) is 11.3 Å². The smallest absolute Gasteiger partial charge is 0.111 e. The van der Waals surface area contributed by atoms with E-state index in [4.69, 9.17) is 4.74 Å². The summed E-state index contributed by atoms with van der Waals surface area (Å²) in [4.78, 5) is 6.88. The molecule has 20 heavy (non-hydrogen) atoms. The Morgan fingerprint density at radius 2 is 2.25 bits per heavy atom. The first-order chi connectivity index (χ1) is 9.86. The van der Waals surface area contributed by atoms with Crippen LogP contribution >= 0.6 is 0 Å². The third kappa shape index (κ3) is 3.22. The average molecular weight is 278 g/mol. The number of hydrogen-bond acceptors (Lipinski definition) is 4. The number of morpholine rings is 1. The number of likely N-dealkylation sites (tertiary alicyclic amines) is 1. The summed E-state index contributed by atoms with van der Waals surface area (Å²) in [7, 11) is 0. The Bertz CT molecular complexity index is 406. The molecule has 5 heteroatoms. The van der Waals surface area contributed by atoms with Crippen LogP contribution in [0.1, 0.15) is 31.6 Å². The number of aromatic nitrogens is 2. The normalized spacial score (nSPS) is 25.9. The molecule has 2 aliphatic rings. The van der Waals surface area contributed by atoms with Crippen LogP contribution < -0.4 is 5.32 Å². The van der Waals surface area contributed by atoms with Crippen LogP contribution in [0, 0.1) is 5.92 Å². The van der Waals surface area contributed by atoms with Crippen molar-refractivity contribution in [1.29, 1.82) is 0 Å². The molecule has 1 aromatic heterocycles. The van der Waals surface area contributed by atoms with Gasteiger partial charge < -0.3 is 19.5 Å². The van der Waals surface area contributed by atoms with Crippen LogP contribution in [0.4, 0.5) is 0 Å². The summed E-state index contributed by atoms with van der Waals surface area (Å²) in [6.07, 6.45) is 6.71. The number of hydrogen-bond donors (Lipinski definition) is 1. The Morgan fingerprint density at radius 1 is 1.40 bits per heavy atom. The van der Waals surface area contributed by atoms with Crippen molar-refractivity contribution in [2.24, 2.45) is 5.92 Å². The zero-order chi connectivity index (χ0) is 13.8. The summed E-state index contributed by atoms with van der Waals surface area (Å²) in [6.45, 7) is 9.67. The van der Waals surface area contributed by atoms with Crippen molar-refractivity contribution in [3.63, 3.8) is 0 Å². The molecule has 0 spiro atoms. The lowest BCUT2D eigenvalue weighted by atomic mass is 9.96. The van der Waals surface area contributed by atoms with E-state index in [0.717, 1.165) is 32.2 Å². The molecule has 0 aromatic carbocycles. The van der Waals surface area contributed by atoms with Gasteiger partial charge in [-0.1, -0.05) is 6.92 Å². The van der Waals surface area contributed by atoms with Gasteiger partial charge in [0.05, 0.1) is 24.8 Å². The Balaban J connectivity index is 1.59. The Morgan fingerprint density at radius 3 is 2.95 bits per heavy atom. The Labute approximate surface area is 121 Å². The lowest BCUT2D eigenvalue weighted by molar-refractivity contribution is 0.0220. The first-order valence-electron chi connectivity index (χ1n) is 7.91. The predicted octanol–water partition coefficient (Wildman–Crippen LogP) is 1.28. The quantitative estimate of drug-likeness (QED) is 0.901. The summed E-state index contributed by atoms with van der Waals surface area (Å²) in [5.41, 5.74) is 1.23. The molecular weight excluding hydrogens is 252 g/mol. The number of nitrogens with one attached hydrogen (secondary N) is 1. The van der Waals surface area contributed by atoms with Gasteiger partial charge in [0.1, 0.15) is 6.10 Å². The van der Waals surface area contributed by atoms with Crippen LogP contribution in [0.25, 0.3) is 0 Å². The second kappa shape index (κ2) is 6.70. The maximum atomic E-state index is 5.86. The Hall–Kier alpha value is -0.910. The van der Waals surface area contributed by atoms with E-state index in [-0.39, 0.29) is 6.10 Å². The molecule has 0 aliphatic carbocycles. The average Bonchev–Trinajstić information content (AvgIpc) is 2.97. The fourth-order valence-corrected chi connectivity index (χ4v) is 3.27. The van der Waals surface area contributed by atoms with Crippen molar-refractivity contribution >= 4 is 0 Å². The molecule has 3 heterocycles. The second-order valence-corrected chi connectivity index (χ2v) is 5.91. The number of ether oxygens (including phenoxy) is 1. The van der Waals surface area contributed by atoms with Gasteiger partial charge in [0.25, 0.3) is 0 Å². The zero-order valence-corrected chi connectivity index (χ0v) is 12.4.